The molecule has 0 saturated carbocycles. The van der Waals surface area contributed by atoms with E-state index >= 15 is 0 Å². The molecule has 2 aromatic rings. The van der Waals surface area contributed by atoms with Gasteiger partial charge in [0.1, 0.15) is 10.8 Å². The summed E-state index contributed by atoms with van der Waals surface area (Å²) in [6, 6.07) is 6.74. The maximum Gasteiger partial charge on any atom is 0.133 e. The topological polar surface area (TPSA) is 24.9 Å². The Hall–Kier alpha value is -1.26. The van der Waals surface area contributed by atoms with Crippen LogP contribution in [0.5, 0.6) is 0 Å². The second-order valence-corrected chi connectivity index (χ2v) is 4.74. The van der Waals surface area contributed by atoms with E-state index in [-0.39, 0.29) is 5.82 Å². The monoisotopic (exact) mass is 236 g/mol. The molecule has 2 nitrogen and oxygen atoms in total. The molecule has 0 atom stereocenters. The van der Waals surface area contributed by atoms with Crippen molar-refractivity contribution in [2.24, 2.45) is 0 Å². The number of hydrogen-bond acceptors (Lipinski definition) is 3. The molecule has 1 heterocycles. The molecule has 0 radical (unpaired) electrons. The Labute approximate surface area is 98.2 Å². The van der Waals surface area contributed by atoms with Gasteiger partial charge >= 0.3 is 0 Å². The summed E-state index contributed by atoms with van der Waals surface area (Å²) in [5, 5.41) is 3.81. The van der Waals surface area contributed by atoms with Crippen LogP contribution in [0.2, 0.25) is 0 Å². The van der Waals surface area contributed by atoms with E-state index in [1.165, 1.54) is 17.4 Å². The summed E-state index contributed by atoms with van der Waals surface area (Å²) in [4.78, 5) is 5.58. The Morgan fingerprint density at radius 3 is 2.81 bits per heavy atom. The molecule has 4 heteroatoms. The number of aromatic nitrogens is 1. The van der Waals surface area contributed by atoms with Crippen LogP contribution >= 0.6 is 11.3 Å². The van der Waals surface area contributed by atoms with Crippen LogP contribution in [0.1, 0.15) is 10.6 Å². The van der Waals surface area contributed by atoms with Crippen molar-refractivity contribution < 1.29 is 4.39 Å². The average molecular weight is 236 g/mol. The van der Waals surface area contributed by atoms with Crippen LogP contribution in [0.15, 0.2) is 24.3 Å². The van der Waals surface area contributed by atoms with Crippen molar-refractivity contribution >= 4 is 11.3 Å². The Balaban J connectivity index is 2.42. The molecule has 0 spiro atoms. The standard InChI is InChI=1S/C12H13FN2S/c1-8-11(7-14-2)15-12(16-8)9-5-3-4-6-10(9)13/h3-6,14H,7H2,1-2H3. The zero-order valence-electron chi connectivity index (χ0n) is 9.25. The van der Waals surface area contributed by atoms with E-state index in [9.17, 15) is 4.39 Å². The van der Waals surface area contributed by atoms with Gasteiger partial charge in [0.2, 0.25) is 0 Å². The normalized spacial score (nSPS) is 10.7. The lowest BCUT2D eigenvalue weighted by molar-refractivity contribution is 0.631. The second-order valence-electron chi connectivity index (χ2n) is 3.53. The van der Waals surface area contributed by atoms with Crippen molar-refractivity contribution in [2.75, 3.05) is 7.05 Å². The molecule has 0 unspecified atom stereocenters. The number of thiazole rings is 1. The van der Waals surface area contributed by atoms with Gasteiger partial charge in [-0.3, -0.25) is 0 Å². The molecule has 1 N–H and O–H groups in total. The Kier molecular flexibility index (Phi) is 3.31. The average Bonchev–Trinajstić information content (AvgIpc) is 2.61. The molecule has 2 rings (SSSR count). The van der Waals surface area contributed by atoms with Crippen molar-refractivity contribution in [1.29, 1.82) is 0 Å². The van der Waals surface area contributed by atoms with Crippen molar-refractivity contribution in [3.63, 3.8) is 0 Å². The van der Waals surface area contributed by atoms with Gasteiger partial charge in [-0.15, -0.1) is 11.3 Å². The molecule has 16 heavy (non-hydrogen) atoms. The van der Waals surface area contributed by atoms with E-state index in [0.29, 0.717) is 5.56 Å². The smallest absolute Gasteiger partial charge is 0.133 e. The molecule has 0 fully saturated rings. The highest BCUT2D eigenvalue weighted by Crippen LogP contribution is 2.29. The SMILES string of the molecule is CNCc1nc(-c2ccccc2F)sc1C. The number of aryl methyl sites for hydroxylation is 1. The van der Waals surface area contributed by atoms with Crippen molar-refractivity contribution in [1.82, 2.24) is 10.3 Å². The first-order valence-electron chi connectivity index (χ1n) is 5.08. The summed E-state index contributed by atoms with van der Waals surface area (Å²) in [6.07, 6.45) is 0. The van der Waals surface area contributed by atoms with Crippen LogP contribution in [0.25, 0.3) is 10.6 Å². The third-order valence-corrected chi connectivity index (χ3v) is 3.39. The molecule has 0 bridgehead atoms. The zero-order chi connectivity index (χ0) is 11.5. The number of benzene rings is 1. The molecule has 1 aromatic carbocycles. The summed E-state index contributed by atoms with van der Waals surface area (Å²) in [5.74, 6) is -0.216. The fourth-order valence-corrected chi connectivity index (χ4v) is 2.47. The van der Waals surface area contributed by atoms with E-state index in [2.05, 4.69) is 10.3 Å². The number of rotatable bonds is 3. The Morgan fingerprint density at radius 2 is 2.12 bits per heavy atom. The summed E-state index contributed by atoms with van der Waals surface area (Å²) in [6.45, 7) is 2.73. The lowest BCUT2D eigenvalue weighted by atomic mass is 10.2. The highest BCUT2D eigenvalue weighted by atomic mass is 32.1. The zero-order valence-corrected chi connectivity index (χ0v) is 10.1. The first-order chi connectivity index (χ1) is 7.72. The van der Waals surface area contributed by atoms with Gasteiger partial charge in [-0.1, -0.05) is 12.1 Å². The van der Waals surface area contributed by atoms with Gasteiger partial charge in [0.25, 0.3) is 0 Å². The Morgan fingerprint density at radius 1 is 1.38 bits per heavy atom. The van der Waals surface area contributed by atoms with Crippen molar-refractivity contribution in [3.8, 4) is 10.6 Å². The molecule has 84 valence electrons. The first-order valence-corrected chi connectivity index (χ1v) is 5.90. The van der Waals surface area contributed by atoms with Gasteiger partial charge in [-0.25, -0.2) is 9.37 Å². The minimum Gasteiger partial charge on any atom is -0.314 e. The van der Waals surface area contributed by atoms with E-state index in [0.717, 1.165) is 22.1 Å². The summed E-state index contributed by atoms with van der Waals surface area (Å²) >= 11 is 1.53. The largest absolute Gasteiger partial charge is 0.314 e. The molecule has 0 aliphatic carbocycles. The summed E-state index contributed by atoms with van der Waals surface area (Å²) in [5.41, 5.74) is 1.57. The highest BCUT2D eigenvalue weighted by molar-refractivity contribution is 7.15. The van der Waals surface area contributed by atoms with Gasteiger partial charge in [-0.2, -0.15) is 0 Å². The molecule has 1 aromatic heterocycles. The van der Waals surface area contributed by atoms with Crippen molar-refractivity contribution in [3.05, 3.63) is 40.7 Å². The van der Waals surface area contributed by atoms with Crippen molar-refractivity contribution in [2.45, 2.75) is 13.5 Å². The van der Waals surface area contributed by atoms with Crippen LogP contribution in [0, 0.1) is 12.7 Å². The molecule has 0 aliphatic heterocycles. The molecule has 0 aliphatic rings. The minimum atomic E-state index is -0.216. The maximum absolute atomic E-state index is 13.6. The highest BCUT2D eigenvalue weighted by Gasteiger charge is 2.11. The fraction of sp³-hybridized carbons (Fsp3) is 0.250. The summed E-state index contributed by atoms with van der Waals surface area (Å²) < 4.78 is 13.6. The van der Waals surface area contributed by atoms with Crippen LogP contribution in [0.4, 0.5) is 4.39 Å². The van der Waals surface area contributed by atoms with Gasteiger partial charge in [0.15, 0.2) is 0 Å². The lowest BCUT2D eigenvalue weighted by Gasteiger charge is -1.97. The fourth-order valence-electron chi connectivity index (χ4n) is 1.51. The lowest BCUT2D eigenvalue weighted by Crippen LogP contribution is -2.06. The van der Waals surface area contributed by atoms with Gasteiger partial charge in [0.05, 0.1) is 5.69 Å². The molecule has 0 saturated heterocycles. The van der Waals surface area contributed by atoms with E-state index in [1.54, 1.807) is 12.1 Å². The second kappa shape index (κ2) is 4.72. The number of hydrogen-bond donors (Lipinski definition) is 1. The maximum atomic E-state index is 13.6. The molecular formula is C12H13FN2S. The van der Waals surface area contributed by atoms with Crippen LogP contribution in [-0.2, 0) is 6.54 Å². The molecule has 0 amide bonds. The third kappa shape index (κ3) is 2.13. The first kappa shape index (κ1) is 11.2. The number of nitrogens with one attached hydrogen (secondary N) is 1. The van der Waals surface area contributed by atoms with E-state index < -0.39 is 0 Å². The summed E-state index contributed by atoms with van der Waals surface area (Å²) in [7, 11) is 1.88. The van der Waals surface area contributed by atoms with Crippen LogP contribution in [-0.4, -0.2) is 12.0 Å². The van der Waals surface area contributed by atoms with Crippen LogP contribution in [0.3, 0.4) is 0 Å². The van der Waals surface area contributed by atoms with E-state index in [1.807, 2.05) is 20.0 Å². The van der Waals surface area contributed by atoms with Gasteiger partial charge in [0, 0.05) is 17.0 Å². The predicted octanol–water partition coefficient (Wildman–Crippen LogP) is 2.98. The quantitative estimate of drug-likeness (QED) is 0.886. The van der Waals surface area contributed by atoms with E-state index in [4.69, 9.17) is 0 Å². The number of nitrogens with zero attached hydrogens (tertiary/aromatic N) is 1. The van der Waals surface area contributed by atoms with Gasteiger partial charge in [-0.05, 0) is 26.1 Å². The Bertz CT molecular complexity index is 494. The van der Waals surface area contributed by atoms with Crippen LogP contribution < -0.4 is 5.32 Å². The molecular weight excluding hydrogens is 223 g/mol. The van der Waals surface area contributed by atoms with Gasteiger partial charge < -0.3 is 5.32 Å². The number of halogens is 1. The predicted molar refractivity (Wildman–Crippen MR) is 65.0 cm³/mol. The third-order valence-electron chi connectivity index (χ3n) is 2.34. The minimum absolute atomic E-state index is 0.216.